The zero-order valence-corrected chi connectivity index (χ0v) is 8.84. The number of hydrogen-bond donors (Lipinski definition) is 1. The lowest BCUT2D eigenvalue weighted by Gasteiger charge is -2.20. The molecule has 0 saturated carbocycles. The first kappa shape index (κ1) is 9.52. The van der Waals surface area contributed by atoms with Crippen LogP contribution in [0.15, 0.2) is 4.52 Å². The summed E-state index contributed by atoms with van der Waals surface area (Å²) in [4.78, 5) is 2.23. The first-order valence-electron chi connectivity index (χ1n) is 5.29. The van der Waals surface area contributed by atoms with Crippen LogP contribution in [0, 0.1) is 0 Å². The summed E-state index contributed by atoms with van der Waals surface area (Å²) in [6.45, 7) is 8.14. The Hall–Kier alpha value is -1.03. The first-order chi connectivity index (χ1) is 6.86. The molecule has 1 N–H and O–H groups in total. The second kappa shape index (κ2) is 4.00. The van der Waals surface area contributed by atoms with Crippen molar-refractivity contribution in [3.05, 3.63) is 11.3 Å². The maximum atomic E-state index is 5.34. The van der Waals surface area contributed by atoms with E-state index >= 15 is 0 Å². The van der Waals surface area contributed by atoms with E-state index in [1.807, 2.05) is 0 Å². The maximum Gasteiger partial charge on any atom is 0.176 e. The van der Waals surface area contributed by atoms with Crippen LogP contribution in [0.4, 0.5) is 5.82 Å². The summed E-state index contributed by atoms with van der Waals surface area (Å²) in [5, 5.41) is 7.49. The number of aromatic nitrogens is 1. The van der Waals surface area contributed by atoms with Gasteiger partial charge in [0.1, 0.15) is 5.76 Å². The number of nitrogens with zero attached hydrogens (tertiary/aromatic N) is 2. The van der Waals surface area contributed by atoms with Gasteiger partial charge in [-0.15, -0.1) is 0 Å². The summed E-state index contributed by atoms with van der Waals surface area (Å²) >= 11 is 0. The van der Waals surface area contributed by atoms with Gasteiger partial charge in [0.25, 0.3) is 0 Å². The van der Waals surface area contributed by atoms with Crippen molar-refractivity contribution in [3.63, 3.8) is 0 Å². The van der Waals surface area contributed by atoms with Gasteiger partial charge < -0.3 is 14.7 Å². The molecule has 2 rings (SSSR count). The molecule has 1 aliphatic heterocycles. The van der Waals surface area contributed by atoms with Gasteiger partial charge in [0.05, 0.1) is 5.56 Å². The monoisotopic (exact) mass is 195 g/mol. The van der Waals surface area contributed by atoms with Crippen LogP contribution in [0.1, 0.15) is 25.2 Å². The lowest BCUT2D eigenvalue weighted by atomic mass is 10.1. The van der Waals surface area contributed by atoms with E-state index in [4.69, 9.17) is 4.52 Å². The van der Waals surface area contributed by atoms with E-state index in [9.17, 15) is 0 Å². The Kier molecular flexibility index (Phi) is 2.72. The van der Waals surface area contributed by atoms with Crippen LogP contribution in [0.3, 0.4) is 0 Å². The molecule has 4 nitrogen and oxygen atoms in total. The molecule has 0 bridgehead atoms. The molecule has 0 atom stereocenters. The minimum atomic E-state index is 0.894. The third-order valence-corrected chi connectivity index (χ3v) is 2.74. The number of anilines is 1. The fraction of sp³-hybridized carbons (Fsp3) is 0.700. The number of nitrogens with one attached hydrogen (secondary N) is 1. The summed E-state index contributed by atoms with van der Waals surface area (Å²) in [5.41, 5.74) is 1.25. The van der Waals surface area contributed by atoms with Gasteiger partial charge in [-0.1, -0.05) is 5.16 Å². The van der Waals surface area contributed by atoms with Crippen molar-refractivity contribution < 1.29 is 4.52 Å². The van der Waals surface area contributed by atoms with Crippen molar-refractivity contribution in [2.75, 3.05) is 24.5 Å². The topological polar surface area (TPSA) is 41.3 Å². The van der Waals surface area contributed by atoms with Crippen molar-refractivity contribution in [1.29, 1.82) is 0 Å². The Morgan fingerprint density at radius 1 is 1.43 bits per heavy atom. The quantitative estimate of drug-likeness (QED) is 0.786. The highest BCUT2D eigenvalue weighted by molar-refractivity contribution is 5.48. The first-order valence-corrected chi connectivity index (χ1v) is 5.29. The normalized spacial score (nSPS) is 15.3. The molecule has 0 spiro atoms. The molecule has 14 heavy (non-hydrogen) atoms. The van der Waals surface area contributed by atoms with Crippen molar-refractivity contribution in [3.8, 4) is 0 Å². The molecule has 0 aliphatic carbocycles. The molecule has 0 fully saturated rings. The highest BCUT2D eigenvalue weighted by Gasteiger charge is 2.21. The van der Waals surface area contributed by atoms with Gasteiger partial charge in [-0.05, 0) is 13.8 Å². The van der Waals surface area contributed by atoms with Crippen molar-refractivity contribution in [1.82, 2.24) is 10.5 Å². The molecule has 2 heterocycles. The van der Waals surface area contributed by atoms with E-state index < -0.39 is 0 Å². The van der Waals surface area contributed by atoms with Gasteiger partial charge in [-0.2, -0.15) is 0 Å². The van der Waals surface area contributed by atoms with Gasteiger partial charge >= 0.3 is 0 Å². The van der Waals surface area contributed by atoms with Gasteiger partial charge in [0, 0.05) is 32.6 Å². The fourth-order valence-corrected chi connectivity index (χ4v) is 1.89. The molecule has 1 aliphatic rings. The van der Waals surface area contributed by atoms with Crippen molar-refractivity contribution >= 4 is 5.82 Å². The third-order valence-electron chi connectivity index (χ3n) is 2.74. The van der Waals surface area contributed by atoms with E-state index in [2.05, 4.69) is 29.2 Å². The van der Waals surface area contributed by atoms with Crippen LogP contribution in [0.2, 0.25) is 0 Å². The zero-order chi connectivity index (χ0) is 9.97. The Labute approximate surface area is 84.3 Å². The Morgan fingerprint density at radius 2 is 2.21 bits per heavy atom. The Bertz CT molecular complexity index is 304. The average molecular weight is 195 g/mol. The molecular formula is C10H17N3O. The van der Waals surface area contributed by atoms with Crippen LogP contribution in [-0.2, 0) is 13.0 Å². The smallest absolute Gasteiger partial charge is 0.176 e. The highest BCUT2D eigenvalue weighted by atomic mass is 16.5. The zero-order valence-electron chi connectivity index (χ0n) is 8.84. The van der Waals surface area contributed by atoms with Gasteiger partial charge in [0.2, 0.25) is 0 Å². The van der Waals surface area contributed by atoms with Crippen LogP contribution in [-0.4, -0.2) is 24.8 Å². The van der Waals surface area contributed by atoms with E-state index in [1.165, 1.54) is 5.56 Å². The standard InChI is InChI=1S/C10H17N3O/c1-3-13(4-2)10-8-7-11-6-5-9(8)14-12-10/h11H,3-7H2,1-2H3. The lowest BCUT2D eigenvalue weighted by Crippen LogP contribution is -2.27. The number of rotatable bonds is 3. The maximum absolute atomic E-state index is 5.34. The molecule has 1 aromatic rings. The van der Waals surface area contributed by atoms with Crippen molar-refractivity contribution in [2.24, 2.45) is 0 Å². The SMILES string of the molecule is CCN(CC)c1noc2c1CNCC2. The van der Waals surface area contributed by atoms with E-state index in [0.717, 1.165) is 44.2 Å². The molecule has 78 valence electrons. The second-order valence-corrected chi connectivity index (χ2v) is 3.51. The number of fused-ring (bicyclic) bond motifs is 1. The molecule has 4 heteroatoms. The van der Waals surface area contributed by atoms with Crippen LogP contribution in [0.5, 0.6) is 0 Å². The molecular weight excluding hydrogens is 178 g/mol. The van der Waals surface area contributed by atoms with Crippen LogP contribution in [0.25, 0.3) is 0 Å². The molecule has 0 unspecified atom stereocenters. The summed E-state index contributed by atoms with van der Waals surface area (Å²) < 4.78 is 5.34. The summed E-state index contributed by atoms with van der Waals surface area (Å²) in [6, 6.07) is 0. The summed E-state index contributed by atoms with van der Waals surface area (Å²) in [5.74, 6) is 2.09. The van der Waals surface area contributed by atoms with E-state index in [0.29, 0.717) is 0 Å². The third kappa shape index (κ3) is 1.50. The van der Waals surface area contributed by atoms with Crippen LogP contribution >= 0.6 is 0 Å². The average Bonchev–Trinajstić information content (AvgIpc) is 2.65. The summed E-state index contributed by atoms with van der Waals surface area (Å²) in [7, 11) is 0. The van der Waals surface area contributed by atoms with Crippen molar-refractivity contribution in [2.45, 2.75) is 26.8 Å². The molecule has 0 amide bonds. The molecule has 1 aromatic heterocycles. The molecule has 0 aromatic carbocycles. The Morgan fingerprint density at radius 3 is 2.93 bits per heavy atom. The van der Waals surface area contributed by atoms with Gasteiger partial charge in [-0.3, -0.25) is 0 Å². The van der Waals surface area contributed by atoms with Gasteiger partial charge in [0.15, 0.2) is 5.82 Å². The lowest BCUT2D eigenvalue weighted by molar-refractivity contribution is 0.372. The predicted molar refractivity (Wildman–Crippen MR) is 55.5 cm³/mol. The largest absolute Gasteiger partial charge is 0.359 e. The van der Waals surface area contributed by atoms with Gasteiger partial charge in [-0.25, -0.2) is 0 Å². The highest BCUT2D eigenvalue weighted by Crippen LogP contribution is 2.25. The number of hydrogen-bond acceptors (Lipinski definition) is 4. The molecule has 0 saturated heterocycles. The Balaban J connectivity index is 2.29. The molecule has 0 radical (unpaired) electrons. The minimum Gasteiger partial charge on any atom is -0.359 e. The second-order valence-electron chi connectivity index (χ2n) is 3.51. The van der Waals surface area contributed by atoms with E-state index in [1.54, 1.807) is 0 Å². The minimum absolute atomic E-state index is 0.894. The van der Waals surface area contributed by atoms with E-state index in [-0.39, 0.29) is 0 Å². The fourth-order valence-electron chi connectivity index (χ4n) is 1.89. The predicted octanol–water partition coefficient (Wildman–Crippen LogP) is 1.17. The summed E-state index contributed by atoms with van der Waals surface area (Å²) in [6.07, 6.45) is 0.962. The van der Waals surface area contributed by atoms with Crippen LogP contribution < -0.4 is 10.2 Å².